The molecule has 3 nitrogen and oxygen atoms in total. The van der Waals surface area contributed by atoms with Crippen LogP contribution in [-0.4, -0.2) is 25.5 Å². The van der Waals surface area contributed by atoms with Crippen molar-refractivity contribution in [2.45, 2.75) is 24.1 Å². The Bertz CT molecular complexity index is 441. The van der Waals surface area contributed by atoms with Crippen molar-refractivity contribution in [1.82, 2.24) is 0 Å². The Hall–Kier alpha value is -0.870. The second-order valence-corrected chi connectivity index (χ2v) is 6.38. The van der Waals surface area contributed by atoms with Crippen LogP contribution < -0.4 is 5.73 Å². The number of rotatable bonds is 3. The van der Waals surface area contributed by atoms with Crippen molar-refractivity contribution in [3.05, 3.63) is 35.9 Å². The van der Waals surface area contributed by atoms with Crippen LogP contribution in [-0.2, 0) is 9.84 Å². The summed E-state index contributed by atoms with van der Waals surface area (Å²) in [5.41, 5.74) is 6.86. The monoisotopic (exact) mass is 225 g/mol. The van der Waals surface area contributed by atoms with E-state index in [0.717, 1.165) is 5.56 Å². The molecular weight excluding hydrogens is 210 g/mol. The van der Waals surface area contributed by atoms with Crippen LogP contribution in [0.5, 0.6) is 0 Å². The molecule has 0 spiro atoms. The molecule has 1 saturated carbocycles. The average Bonchev–Trinajstić information content (AvgIpc) is 2.92. The van der Waals surface area contributed by atoms with Gasteiger partial charge in [-0.1, -0.05) is 37.3 Å². The number of nitrogens with two attached hydrogens (primary N) is 1. The summed E-state index contributed by atoms with van der Waals surface area (Å²) < 4.78 is 23.4. The Morgan fingerprint density at radius 2 is 1.87 bits per heavy atom. The fraction of sp³-hybridized carbons (Fsp3) is 0.455. The zero-order valence-electron chi connectivity index (χ0n) is 8.63. The zero-order chi connectivity index (χ0) is 11.1. The SMILES string of the molecule is CCS(=O)(=O)[C@@H]1[C@@H](N)[C@H]1c1ccccc1. The summed E-state index contributed by atoms with van der Waals surface area (Å²) in [6.45, 7) is 1.67. The van der Waals surface area contributed by atoms with Crippen LogP contribution in [0.15, 0.2) is 30.3 Å². The first kappa shape index (κ1) is 10.6. The smallest absolute Gasteiger partial charge is 0.155 e. The van der Waals surface area contributed by atoms with Gasteiger partial charge in [-0.25, -0.2) is 8.42 Å². The summed E-state index contributed by atoms with van der Waals surface area (Å²) in [6.07, 6.45) is 0. The maximum Gasteiger partial charge on any atom is 0.155 e. The molecule has 82 valence electrons. The highest BCUT2D eigenvalue weighted by atomic mass is 32.2. The third-order valence-corrected chi connectivity index (χ3v) is 5.25. The topological polar surface area (TPSA) is 60.2 Å². The third kappa shape index (κ3) is 1.79. The van der Waals surface area contributed by atoms with Crippen LogP contribution in [0.2, 0.25) is 0 Å². The fourth-order valence-electron chi connectivity index (χ4n) is 2.05. The van der Waals surface area contributed by atoms with Crippen molar-refractivity contribution >= 4 is 9.84 Å². The molecule has 1 fully saturated rings. The molecule has 15 heavy (non-hydrogen) atoms. The molecule has 0 unspecified atom stereocenters. The molecule has 0 amide bonds. The van der Waals surface area contributed by atoms with E-state index in [1.165, 1.54) is 0 Å². The van der Waals surface area contributed by atoms with Crippen LogP contribution in [0.4, 0.5) is 0 Å². The van der Waals surface area contributed by atoms with Gasteiger partial charge in [0.2, 0.25) is 0 Å². The first-order valence-electron chi connectivity index (χ1n) is 5.10. The molecule has 3 atom stereocenters. The van der Waals surface area contributed by atoms with E-state index in [-0.39, 0.29) is 23.0 Å². The minimum absolute atomic E-state index is 0.00356. The third-order valence-electron chi connectivity index (χ3n) is 3.01. The number of hydrogen-bond donors (Lipinski definition) is 1. The van der Waals surface area contributed by atoms with Crippen molar-refractivity contribution in [2.75, 3.05) is 5.75 Å². The summed E-state index contributed by atoms with van der Waals surface area (Å²) in [5.74, 6) is 0.172. The van der Waals surface area contributed by atoms with E-state index in [0.29, 0.717) is 0 Å². The van der Waals surface area contributed by atoms with Gasteiger partial charge in [0.05, 0.1) is 5.25 Å². The molecule has 1 aliphatic carbocycles. The molecule has 2 rings (SSSR count). The molecule has 1 aromatic carbocycles. The molecule has 1 aromatic rings. The van der Waals surface area contributed by atoms with E-state index >= 15 is 0 Å². The van der Waals surface area contributed by atoms with Crippen molar-refractivity contribution < 1.29 is 8.42 Å². The van der Waals surface area contributed by atoms with Crippen molar-refractivity contribution in [1.29, 1.82) is 0 Å². The highest BCUT2D eigenvalue weighted by molar-refractivity contribution is 7.92. The quantitative estimate of drug-likeness (QED) is 0.832. The molecule has 0 heterocycles. The minimum atomic E-state index is -3.00. The highest BCUT2D eigenvalue weighted by Gasteiger charge is 2.55. The van der Waals surface area contributed by atoms with Crippen LogP contribution in [0.25, 0.3) is 0 Å². The average molecular weight is 225 g/mol. The van der Waals surface area contributed by atoms with Gasteiger partial charge in [-0.05, 0) is 5.56 Å². The Labute approximate surface area is 90.2 Å². The number of sulfone groups is 1. The zero-order valence-corrected chi connectivity index (χ0v) is 9.44. The standard InChI is InChI=1S/C11H15NO2S/c1-2-15(13,14)11-9(10(11)12)8-6-4-3-5-7-8/h3-7,9-11H,2,12H2,1H3/t9-,10+,11+/m1/s1. The van der Waals surface area contributed by atoms with E-state index in [1.54, 1.807) is 6.92 Å². The van der Waals surface area contributed by atoms with E-state index in [1.807, 2.05) is 30.3 Å². The predicted molar refractivity (Wildman–Crippen MR) is 60.4 cm³/mol. The van der Waals surface area contributed by atoms with Crippen molar-refractivity contribution in [2.24, 2.45) is 5.73 Å². The lowest BCUT2D eigenvalue weighted by Crippen LogP contribution is -2.17. The number of benzene rings is 1. The molecule has 1 aliphatic rings. The van der Waals surface area contributed by atoms with Crippen LogP contribution >= 0.6 is 0 Å². The van der Waals surface area contributed by atoms with Crippen LogP contribution in [0.1, 0.15) is 18.4 Å². The Morgan fingerprint density at radius 3 is 2.40 bits per heavy atom. The first-order valence-corrected chi connectivity index (χ1v) is 6.81. The van der Waals surface area contributed by atoms with E-state index in [2.05, 4.69) is 0 Å². The lowest BCUT2D eigenvalue weighted by Gasteiger charge is -1.99. The summed E-state index contributed by atoms with van der Waals surface area (Å²) in [6, 6.07) is 9.40. The Kier molecular flexibility index (Phi) is 2.56. The second kappa shape index (κ2) is 3.61. The van der Waals surface area contributed by atoms with Gasteiger partial charge < -0.3 is 5.73 Å². The second-order valence-electron chi connectivity index (χ2n) is 3.93. The van der Waals surface area contributed by atoms with Gasteiger partial charge in [0.1, 0.15) is 0 Å². The lowest BCUT2D eigenvalue weighted by molar-refractivity contribution is 0.594. The van der Waals surface area contributed by atoms with Gasteiger partial charge in [-0.15, -0.1) is 0 Å². The van der Waals surface area contributed by atoms with Crippen LogP contribution in [0, 0.1) is 0 Å². The Morgan fingerprint density at radius 1 is 1.27 bits per heavy atom. The molecule has 0 radical (unpaired) electrons. The first-order chi connectivity index (χ1) is 7.08. The van der Waals surface area contributed by atoms with Crippen LogP contribution in [0.3, 0.4) is 0 Å². The van der Waals surface area contributed by atoms with Gasteiger partial charge in [0.15, 0.2) is 9.84 Å². The van der Waals surface area contributed by atoms with Gasteiger partial charge in [-0.2, -0.15) is 0 Å². The molecule has 0 saturated heterocycles. The highest BCUT2D eigenvalue weighted by Crippen LogP contribution is 2.44. The summed E-state index contributed by atoms with van der Waals surface area (Å²) in [5, 5.41) is -0.370. The van der Waals surface area contributed by atoms with Gasteiger partial charge >= 0.3 is 0 Å². The normalized spacial score (nSPS) is 30.1. The van der Waals surface area contributed by atoms with E-state index in [9.17, 15) is 8.42 Å². The number of hydrogen-bond acceptors (Lipinski definition) is 3. The molecule has 0 aliphatic heterocycles. The van der Waals surface area contributed by atoms with Crippen molar-refractivity contribution in [3.8, 4) is 0 Å². The maximum absolute atomic E-state index is 11.7. The molecule has 0 bridgehead atoms. The maximum atomic E-state index is 11.7. The van der Waals surface area contributed by atoms with Gasteiger partial charge in [-0.3, -0.25) is 0 Å². The molecule has 0 aromatic heterocycles. The largest absolute Gasteiger partial charge is 0.326 e. The predicted octanol–water partition coefficient (Wildman–Crippen LogP) is 0.914. The molecule has 2 N–H and O–H groups in total. The lowest BCUT2D eigenvalue weighted by atomic mass is 10.1. The van der Waals surface area contributed by atoms with Gasteiger partial charge in [0.25, 0.3) is 0 Å². The summed E-state index contributed by atoms with van der Waals surface area (Å²) in [7, 11) is -3.00. The minimum Gasteiger partial charge on any atom is -0.326 e. The Balaban J connectivity index is 2.24. The molecule has 4 heteroatoms. The van der Waals surface area contributed by atoms with Gasteiger partial charge in [0, 0.05) is 17.7 Å². The van der Waals surface area contributed by atoms with Crippen molar-refractivity contribution in [3.63, 3.8) is 0 Å². The molecular formula is C11H15NO2S. The fourth-order valence-corrected chi connectivity index (χ4v) is 3.78. The van der Waals surface area contributed by atoms with E-state index < -0.39 is 9.84 Å². The summed E-state index contributed by atoms with van der Waals surface area (Å²) in [4.78, 5) is 0. The van der Waals surface area contributed by atoms with E-state index in [4.69, 9.17) is 5.73 Å². The summed E-state index contributed by atoms with van der Waals surface area (Å²) >= 11 is 0.